The van der Waals surface area contributed by atoms with Crippen molar-refractivity contribution in [1.82, 2.24) is 0 Å². The van der Waals surface area contributed by atoms with Crippen molar-refractivity contribution in [3.8, 4) is 0 Å². The predicted octanol–water partition coefficient (Wildman–Crippen LogP) is 2.62. The maximum atomic E-state index is 11.5. The monoisotopic (exact) mass is 242 g/mol. The van der Waals surface area contributed by atoms with Crippen molar-refractivity contribution in [3.63, 3.8) is 0 Å². The van der Waals surface area contributed by atoms with E-state index in [4.69, 9.17) is 9.47 Å². The molecule has 0 rings (SSSR count). The van der Waals surface area contributed by atoms with Gasteiger partial charge in [0, 0.05) is 5.57 Å². The van der Waals surface area contributed by atoms with Crippen LogP contribution in [0.25, 0.3) is 0 Å². The van der Waals surface area contributed by atoms with Gasteiger partial charge in [0.25, 0.3) is 0 Å². The van der Waals surface area contributed by atoms with Crippen LogP contribution in [0.5, 0.6) is 0 Å². The lowest BCUT2D eigenvalue weighted by Crippen LogP contribution is -2.28. The normalized spacial score (nSPS) is 12.8. The minimum Gasteiger partial charge on any atom is -0.460 e. The number of carbonyl (C=O) groups is 2. The fourth-order valence-electron chi connectivity index (χ4n) is 1.09. The second-order valence-corrected chi connectivity index (χ2v) is 5.01. The lowest BCUT2D eigenvalue weighted by molar-refractivity contribution is -0.160. The van der Waals surface area contributed by atoms with Crippen LogP contribution >= 0.6 is 0 Å². The highest BCUT2D eigenvalue weighted by molar-refractivity contribution is 5.87. The van der Waals surface area contributed by atoms with Gasteiger partial charge in [-0.15, -0.1) is 0 Å². The number of carbonyl (C=O) groups excluding carboxylic acids is 2. The van der Waals surface area contributed by atoms with Gasteiger partial charge in [-0.3, -0.25) is 4.79 Å². The van der Waals surface area contributed by atoms with Gasteiger partial charge < -0.3 is 9.47 Å². The Hall–Kier alpha value is -1.32. The molecule has 0 N–H and O–H groups in total. The predicted molar refractivity (Wildman–Crippen MR) is 65.4 cm³/mol. The summed E-state index contributed by atoms with van der Waals surface area (Å²) in [5.41, 5.74) is -0.194. The summed E-state index contributed by atoms with van der Waals surface area (Å²) < 4.78 is 10.3. The van der Waals surface area contributed by atoms with E-state index in [0.717, 1.165) is 0 Å². The fraction of sp³-hybridized carbons (Fsp3) is 0.692. The summed E-state index contributed by atoms with van der Waals surface area (Å²) in [5.74, 6) is -0.834. The van der Waals surface area contributed by atoms with Crippen molar-refractivity contribution in [2.24, 2.45) is 0 Å². The minimum absolute atomic E-state index is 0.0762. The first-order chi connectivity index (χ1) is 7.65. The van der Waals surface area contributed by atoms with E-state index in [1.54, 1.807) is 27.7 Å². The average Bonchev–Trinajstić information content (AvgIpc) is 2.13. The van der Waals surface area contributed by atoms with Crippen LogP contribution in [0.4, 0.5) is 0 Å². The lowest BCUT2D eigenvalue weighted by Gasteiger charge is -2.22. The molecule has 0 amide bonds. The Morgan fingerprint density at radius 2 is 1.82 bits per heavy atom. The smallest absolute Gasteiger partial charge is 0.333 e. The molecule has 0 aliphatic carbocycles. The molecule has 17 heavy (non-hydrogen) atoms. The molecule has 4 nitrogen and oxygen atoms in total. The molecule has 0 aromatic rings. The summed E-state index contributed by atoms with van der Waals surface area (Å²) in [6, 6.07) is 0. The summed E-state index contributed by atoms with van der Waals surface area (Å²) in [6.07, 6.45) is 0.194. The maximum absolute atomic E-state index is 11.5. The molecule has 0 heterocycles. The fourth-order valence-corrected chi connectivity index (χ4v) is 1.09. The van der Waals surface area contributed by atoms with Gasteiger partial charge in [-0.1, -0.05) is 13.5 Å². The number of hydrogen-bond donors (Lipinski definition) is 0. The summed E-state index contributed by atoms with van der Waals surface area (Å²) >= 11 is 0. The van der Waals surface area contributed by atoms with Gasteiger partial charge >= 0.3 is 11.9 Å². The summed E-state index contributed by atoms with van der Waals surface area (Å²) in [4.78, 5) is 22.8. The van der Waals surface area contributed by atoms with E-state index < -0.39 is 17.7 Å². The zero-order valence-electron chi connectivity index (χ0n) is 11.3. The molecule has 1 atom stereocenters. The first-order valence-corrected chi connectivity index (χ1v) is 5.74. The molecule has 0 aromatic heterocycles. The molecule has 0 bridgehead atoms. The quantitative estimate of drug-likeness (QED) is 0.549. The topological polar surface area (TPSA) is 52.6 Å². The summed E-state index contributed by atoms with van der Waals surface area (Å²) in [6.45, 7) is 12.3. The van der Waals surface area contributed by atoms with Crippen LogP contribution in [0.3, 0.4) is 0 Å². The Labute approximate surface area is 103 Å². The van der Waals surface area contributed by atoms with E-state index in [9.17, 15) is 9.59 Å². The Morgan fingerprint density at radius 1 is 1.29 bits per heavy atom. The lowest BCUT2D eigenvalue weighted by atomic mass is 10.1. The molecule has 4 heteroatoms. The zero-order chi connectivity index (χ0) is 13.6. The molecule has 0 spiro atoms. The van der Waals surface area contributed by atoms with Crippen molar-refractivity contribution >= 4 is 11.9 Å². The molecule has 98 valence electrons. The van der Waals surface area contributed by atoms with Gasteiger partial charge in [-0.2, -0.15) is 0 Å². The van der Waals surface area contributed by atoms with E-state index in [0.29, 0.717) is 12.0 Å². The molecule has 0 aliphatic rings. The molecule has 0 fully saturated rings. The Balaban J connectivity index is 4.27. The largest absolute Gasteiger partial charge is 0.460 e. The van der Waals surface area contributed by atoms with Crippen LogP contribution in [0.1, 0.15) is 47.5 Å². The van der Waals surface area contributed by atoms with Gasteiger partial charge in [-0.05, 0) is 34.1 Å². The molecule has 0 aromatic carbocycles. The first kappa shape index (κ1) is 15.7. The van der Waals surface area contributed by atoms with Crippen LogP contribution in [-0.4, -0.2) is 23.6 Å². The number of hydrogen-bond acceptors (Lipinski definition) is 4. The highest BCUT2D eigenvalue weighted by atomic mass is 16.6. The second kappa shape index (κ2) is 6.42. The average molecular weight is 242 g/mol. The van der Waals surface area contributed by atoms with E-state index in [1.807, 2.05) is 6.92 Å². The van der Waals surface area contributed by atoms with Crippen LogP contribution < -0.4 is 0 Å². The zero-order valence-corrected chi connectivity index (χ0v) is 11.3. The summed E-state index contributed by atoms with van der Waals surface area (Å²) in [7, 11) is 0. The Morgan fingerprint density at radius 3 is 2.18 bits per heavy atom. The molecule has 0 saturated carbocycles. The number of esters is 2. The van der Waals surface area contributed by atoms with Crippen molar-refractivity contribution in [2.75, 3.05) is 0 Å². The van der Waals surface area contributed by atoms with Crippen molar-refractivity contribution in [2.45, 2.75) is 59.2 Å². The number of ether oxygens (including phenoxy) is 2. The maximum Gasteiger partial charge on any atom is 0.333 e. The third-order valence-electron chi connectivity index (χ3n) is 1.89. The Bertz CT molecular complexity index is 299. The van der Waals surface area contributed by atoms with Gasteiger partial charge in [-0.25, -0.2) is 4.79 Å². The van der Waals surface area contributed by atoms with Crippen molar-refractivity contribution < 1.29 is 19.1 Å². The minimum atomic E-state index is -0.520. The van der Waals surface area contributed by atoms with Gasteiger partial charge in [0.2, 0.25) is 0 Å². The third-order valence-corrected chi connectivity index (χ3v) is 1.89. The molecule has 0 saturated heterocycles. The number of rotatable bonds is 5. The summed E-state index contributed by atoms with van der Waals surface area (Å²) in [5, 5.41) is 0. The van der Waals surface area contributed by atoms with Crippen molar-refractivity contribution in [1.29, 1.82) is 0 Å². The first-order valence-electron chi connectivity index (χ1n) is 5.74. The van der Waals surface area contributed by atoms with E-state index >= 15 is 0 Å². The third kappa shape index (κ3) is 7.55. The van der Waals surface area contributed by atoms with Gasteiger partial charge in [0.1, 0.15) is 11.7 Å². The van der Waals surface area contributed by atoms with Crippen LogP contribution in [0.2, 0.25) is 0 Å². The molecular weight excluding hydrogens is 220 g/mol. The van der Waals surface area contributed by atoms with E-state index in [2.05, 4.69) is 6.58 Å². The molecule has 0 radical (unpaired) electrons. The van der Waals surface area contributed by atoms with Crippen LogP contribution in [0, 0.1) is 0 Å². The SMILES string of the molecule is C=C(C)C(=O)OC(CC)CC(=O)OC(C)(C)C. The highest BCUT2D eigenvalue weighted by Crippen LogP contribution is 2.13. The van der Waals surface area contributed by atoms with Crippen LogP contribution in [0.15, 0.2) is 12.2 Å². The standard InChI is InChI=1S/C13H22O4/c1-7-10(16-12(15)9(2)3)8-11(14)17-13(4,5)6/h10H,2,7-8H2,1,3-6H3. The van der Waals surface area contributed by atoms with E-state index in [1.165, 1.54) is 0 Å². The molecule has 1 unspecified atom stereocenters. The van der Waals surface area contributed by atoms with Crippen molar-refractivity contribution in [3.05, 3.63) is 12.2 Å². The molecule has 0 aliphatic heterocycles. The van der Waals surface area contributed by atoms with Gasteiger partial charge in [0.15, 0.2) is 0 Å². The van der Waals surface area contributed by atoms with Gasteiger partial charge in [0.05, 0.1) is 6.42 Å². The second-order valence-electron chi connectivity index (χ2n) is 5.01. The highest BCUT2D eigenvalue weighted by Gasteiger charge is 2.22. The Kier molecular flexibility index (Phi) is 5.93. The van der Waals surface area contributed by atoms with E-state index in [-0.39, 0.29) is 12.4 Å². The molecular formula is C13H22O4. The van der Waals surface area contributed by atoms with Crippen LogP contribution in [-0.2, 0) is 19.1 Å².